The first-order valence-corrected chi connectivity index (χ1v) is 8.38. The van der Waals surface area contributed by atoms with Gasteiger partial charge in [-0.3, -0.25) is 0 Å². The van der Waals surface area contributed by atoms with Crippen molar-refractivity contribution in [2.45, 2.75) is 15.5 Å². The third-order valence-electron chi connectivity index (χ3n) is 2.89. The molecule has 0 heterocycles. The maximum Gasteiger partial charge on any atom is 0.119 e. The zero-order chi connectivity index (χ0) is 15.6. The minimum atomic E-state index is 0.376. The predicted molar refractivity (Wildman–Crippen MR) is 97.8 cm³/mol. The monoisotopic (exact) mass is 326 g/mol. The van der Waals surface area contributed by atoms with E-state index in [2.05, 4.69) is 24.8 Å². The Morgan fingerprint density at radius 1 is 0.727 bits per heavy atom. The van der Waals surface area contributed by atoms with E-state index in [0.717, 1.165) is 16.2 Å². The highest BCUT2D eigenvalue weighted by molar-refractivity contribution is 7.98. The summed E-state index contributed by atoms with van der Waals surface area (Å²) in [5, 5.41) is 9.58. The van der Waals surface area contributed by atoms with Gasteiger partial charge in [-0.25, -0.2) is 0 Å². The SMILES string of the molecule is Oc1ccccc1CSc1ccccc1.Sc1ccccc1. The highest BCUT2D eigenvalue weighted by Crippen LogP contribution is 2.26. The van der Waals surface area contributed by atoms with Gasteiger partial charge in [0, 0.05) is 21.1 Å². The fourth-order valence-corrected chi connectivity index (χ4v) is 2.83. The van der Waals surface area contributed by atoms with E-state index < -0.39 is 0 Å². The van der Waals surface area contributed by atoms with Gasteiger partial charge in [0.1, 0.15) is 5.75 Å². The van der Waals surface area contributed by atoms with Crippen LogP contribution in [0.5, 0.6) is 5.75 Å². The van der Waals surface area contributed by atoms with Crippen LogP contribution in [0.2, 0.25) is 0 Å². The molecule has 0 spiro atoms. The summed E-state index contributed by atoms with van der Waals surface area (Å²) in [6, 6.07) is 27.4. The zero-order valence-electron chi connectivity index (χ0n) is 12.1. The van der Waals surface area contributed by atoms with E-state index in [1.165, 1.54) is 4.90 Å². The number of hydrogen-bond acceptors (Lipinski definition) is 3. The molecule has 0 unspecified atom stereocenters. The van der Waals surface area contributed by atoms with Gasteiger partial charge in [0.05, 0.1) is 0 Å². The molecule has 0 saturated heterocycles. The van der Waals surface area contributed by atoms with E-state index in [-0.39, 0.29) is 0 Å². The minimum Gasteiger partial charge on any atom is -0.508 e. The first-order chi connectivity index (χ1) is 10.8. The Hall–Kier alpha value is -1.84. The Labute approximate surface area is 141 Å². The van der Waals surface area contributed by atoms with Crippen LogP contribution >= 0.6 is 24.4 Å². The first kappa shape index (κ1) is 16.5. The van der Waals surface area contributed by atoms with Crippen LogP contribution in [0.4, 0.5) is 0 Å². The molecule has 0 amide bonds. The molecular formula is C19H18OS2. The number of phenolic OH excluding ortho intramolecular Hbond substituents is 1. The van der Waals surface area contributed by atoms with Crippen molar-refractivity contribution < 1.29 is 5.11 Å². The third kappa shape index (κ3) is 5.88. The van der Waals surface area contributed by atoms with Crippen LogP contribution in [-0.2, 0) is 5.75 Å². The number of aromatic hydroxyl groups is 1. The molecule has 1 nitrogen and oxygen atoms in total. The van der Waals surface area contributed by atoms with Crippen molar-refractivity contribution in [2.75, 3.05) is 0 Å². The predicted octanol–water partition coefficient (Wildman–Crippen LogP) is 5.66. The number of para-hydroxylation sites is 1. The summed E-state index contributed by atoms with van der Waals surface area (Å²) in [4.78, 5) is 2.24. The molecule has 0 radical (unpaired) electrons. The van der Waals surface area contributed by atoms with Crippen molar-refractivity contribution in [3.8, 4) is 5.75 Å². The molecule has 0 aromatic heterocycles. The van der Waals surface area contributed by atoms with E-state index in [1.807, 2.05) is 66.7 Å². The van der Waals surface area contributed by atoms with Crippen LogP contribution < -0.4 is 0 Å². The molecule has 0 saturated carbocycles. The number of thiol groups is 1. The Morgan fingerprint density at radius 2 is 1.27 bits per heavy atom. The highest BCUT2D eigenvalue weighted by atomic mass is 32.2. The second-order valence-corrected chi connectivity index (χ2v) is 6.13. The van der Waals surface area contributed by atoms with E-state index in [0.29, 0.717) is 5.75 Å². The largest absolute Gasteiger partial charge is 0.508 e. The summed E-state index contributed by atoms with van der Waals surface area (Å²) in [5.74, 6) is 1.18. The molecule has 3 rings (SSSR count). The molecule has 0 bridgehead atoms. The lowest BCUT2D eigenvalue weighted by Crippen LogP contribution is -1.80. The van der Waals surface area contributed by atoms with Gasteiger partial charge in [-0.15, -0.1) is 24.4 Å². The van der Waals surface area contributed by atoms with E-state index in [1.54, 1.807) is 17.8 Å². The second-order valence-electron chi connectivity index (χ2n) is 4.57. The van der Waals surface area contributed by atoms with Gasteiger partial charge in [0.2, 0.25) is 0 Å². The molecule has 0 aliphatic carbocycles. The lowest BCUT2D eigenvalue weighted by Gasteiger charge is -2.03. The number of rotatable bonds is 3. The van der Waals surface area contributed by atoms with Gasteiger partial charge in [-0.1, -0.05) is 54.6 Å². The molecular weight excluding hydrogens is 308 g/mol. The van der Waals surface area contributed by atoms with Crippen LogP contribution in [0.15, 0.2) is 94.7 Å². The van der Waals surface area contributed by atoms with Crippen molar-refractivity contribution in [1.82, 2.24) is 0 Å². The van der Waals surface area contributed by atoms with Crippen molar-refractivity contribution in [2.24, 2.45) is 0 Å². The van der Waals surface area contributed by atoms with Gasteiger partial charge in [0.15, 0.2) is 0 Å². The normalized spacial score (nSPS) is 9.68. The molecule has 3 aromatic rings. The Balaban J connectivity index is 0.000000211. The maximum absolute atomic E-state index is 9.58. The second kappa shape index (κ2) is 9.23. The summed E-state index contributed by atoms with van der Waals surface area (Å²) in [7, 11) is 0. The molecule has 0 fully saturated rings. The minimum absolute atomic E-state index is 0.376. The van der Waals surface area contributed by atoms with Crippen LogP contribution in [0.3, 0.4) is 0 Å². The number of phenols is 1. The molecule has 3 aromatic carbocycles. The Kier molecular flexibility index (Phi) is 6.94. The average Bonchev–Trinajstić information content (AvgIpc) is 2.56. The molecule has 1 N–H and O–H groups in total. The summed E-state index contributed by atoms with van der Waals surface area (Å²) >= 11 is 5.81. The molecule has 0 atom stereocenters. The van der Waals surface area contributed by atoms with Crippen LogP contribution in [0, 0.1) is 0 Å². The molecule has 22 heavy (non-hydrogen) atoms. The summed E-state index contributed by atoms with van der Waals surface area (Å²) in [6.45, 7) is 0. The first-order valence-electron chi connectivity index (χ1n) is 6.94. The quantitative estimate of drug-likeness (QED) is 0.478. The molecule has 0 aliphatic rings. The summed E-state index contributed by atoms with van der Waals surface area (Å²) < 4.78 is 0. The van der Waals surface area contributed by atoms with Crippen molar-refractivity contribution in [1.29, 1.82) is 0 Å². The number of benzene rings is 3. The Morgan fingerprint density at radius 3 is 1.82 bits per heavy atom. The van der Waals surface area contributed by atoms with Gasteiger partial charge < -0.3 is 5.11 Å². The van der Waals surface area contributed by atoms with Crippen LogP contribution in [0.25, 0.3) is 0 Å². The molecule has 3 heteroatoms. The fourth-order valence-electron chi connectivity index (χ4n) is 1.74. The van der Waals surface area contributed by atoms with Crippen molar-refractivity contribution in [3.63, 3.8) is 0 Å². The van der Waals surface area contributed by atoms with E-state index >= 15 is 0 Å². The van der Waals surface area contributed by atoms with Crippen LogP contribution in [-0.4, -0.2) is 5.11 Å². The van der Waals surface area contributed by atoms with E-state index in [9.17, 15) is 5.11 Å². The standard InChI is InChI=1S/C13H12OS.C6H6S/c14-13-9-5-4-6-11(13)10-15-12-7-2-1-3-8-12;7-6-4-2-1-3-5-6/h1-9,14H,10H2;1-5,7H. The Bertz CT molecular complexity index is 669. The summed E-state index contributed by atoms with van der Waals surface area (Å²) in [6.07, 6.45) is 0. The number of thioether (sulfide) groups is 1. The fraction of sp³-hybridized carbons (Fsp3) is 0.0526. The average molecular weight is 326 g/mol. The van der Waals surface area contributed by atoms with Gasteiger partial charge in [-0.05, 0) is 30.3 Å². The zero-order valence-corrected chi connectivity index (χ0v) is 13.8. The van der Waals surface area contributed by atoms with E-state index in [4.69, 9.17) is 0 Å². The number of hydrogen-bond donors (Lipinski definition) is 2. The molecule has 0 aliphatic heterocycles. The van der Waals surface area contributed by atoms with Crippen molar-refractivity contribution >= 4 is 24.4 Å². The molecule has 112 valence electrons. The smallest absolute Gasteiger partial charge is 0.119 e. The van der Waals surface area contributed by atoms with Gasteiger partial charge in [0.25, 0.3) is 0 Å². The van der Waals surface area contributed by atoms with Gasteiger partial charge in [-0.2, -0.15) is 0 Å². The van der Waals surface area contributed by atoms with Crippen molar-refractivity contribution in [3.05, 3.63) is 90.5 Å². The highest BCUT2D eigenvalue weighted by Gasteiger charge is 2.00. The topological polar surface area (TPSA) is 20.2 Å². The maximum atomic E-state index is 9.58. The summed E-state index contributed by atoms with van der Waals surface area (Å²) in [5.41, 5.74) is 0.978. The van der Waals surface area contributed by atoms with Gasteiger partial charge >= 0.3 is 0 Å². The lowest BCUT2D eigenvalue weighted by molar-refractivity contribution is 0.470. The van der Waals surface area contributed by atoms with Crippen LogP contribution in [0.1, 0.15) is 5.56 Å². The third-order valence-corrected chi connectivity index (χ3v) is 4.24. The lowest BCUT2D eigenvalue weighted by atomic mass is 10.2.